The van der Waals surface area contributed by atoms with Crippen LogP contribution in [0.2, 0.25) is 15.1 Å². The van der Waals surface area contributed by atoms with Gasteiger partial charge in [0.2, 0.25) is 0 Å². The van der Waals surface area contributed by atoms with Crippen molar-refractivity contribution in [3.8, 4) is 21.8 Å². The second-order valence-corrected chi connectivity index (χ2v) is 9.70. The molecule has 0 bridgehead atoms. The third-order valence-electron chi connectivity index (χ3n) is 4.94. The molecule has 1 atom stereocenters. The second kappa shape index (κ2) is 9.75. The number of hydrogen-bond acceptors (Lipinski definition) is 4. The number of alkyl halides is 3. The first-order chi connectivity index (χ1) is 16.0. The van der Waals surface area contributed by atoms with E-state index in [0.717, 1.165) is 24.6 Å². The largest absolute Gasteiger partial charge is 0.416 e. The van der Waals surface area contributed by atoms with E-state index in [0.29, 0.717) is 20.6 Å². The molecule has 0 aliphatic rings. The third-order valence-corrected chi connectivity index (χ3v) is 7.12. The first-order valence-corrected chi connectivity index (χ1v) is 11.7. The number of aliphatic hydroxyl groups excluding tert-OH is 1. The molecule has 0 aliphatic carbocycles. The van der Waals surface area contributed by atoms with Crippen molar-refractivity contribution in [2.45, 2.75) is 25.4 Å². The Morgan fingerprint density at radius 1 is 1.03 bits per heavy atom. The average molecular weight is 549 g/mol. The summed E-state index contributed by atoms with van der Waals surface area (Å²) in [6.07, 6.45) is -7.62. The first kappa shape index (κ1) is 24.8. The summed E-state index contributed by atoms with van der Waals surface area (Å²) in [5.41, 5.74) is 0.314. The molecule has 2 heterocycles. The molecular formula is C22H15Cl3F3N3O2S. The molecule has 1 N–H and O–H groups in total. The Morgan fingerprint density at radius 2 is 1.74 bits per heavy atom. The molecule has 4 aromatic rings. The van der Waals surface area contributed by atoms with Gasteiger partial charge in [-0.3, -0.25) is 4.57 Å². The standard InChI is InChI=1S/C22H15Cl3F3N3O2S/c23-13-6-4-12(5-7-13)20-29-31(21(33)30(20)11-18(32)22(26,27)28)10-14-8-9-17(34-14)15-2-1-3-16(24)19(15)25/h1-9,18,32H,10-11H2/t18-/m0/s1. The number of aromatic nitrogens is 3. The normalized spacial score (nSPS) is 12.8. The maximum Gasteiger partial charge on any atom is 0.416 e. The number of aliphatic hydroxyl groups is 1. The minimum Gasteiger partial charge on any atom is -0.382 e. The van der Waals surface area contributed by atoms with Crippen LogP contribution in [0.15, 0.2) is 59.4 Å². The summed E-state index contributed by atoms with van der Waals surface area (Å²) in [4.78, 5) is 14.5. The van der Waals surface area contributed by atoms with Gasteiger partial charge in [-0.1, -0.05) is 46.9 Å². The lowest BCUT2D eigenvalue weighted by Crippen LogP contribution is -2.37. The summed E-state index contributed by atoms with van der Waals surface area (Å²) in [5.74, 6) is -0.0142. The van der Waals surface area contributed by atoms with Gasteiger partial charge in [-0.05, 0) is 42.5 Å². The zero-order chi connectivity index (χ0) is 24.6. The summed E-state index contributed by atoms with van der Waals surface area (Å²) in [6, 6.07) is 15.0. The zero-order valence-electron chi connectivity index (χ0n) is 17.1. The van der Waals surface area contributed by atoms with Crippen LogP contribution in [0.4, 0.5) is 13.2 Å². The predicted molar refractivity (Wildman–Crippen MR) is 128 cm³/mol. The van der Waals surface area contributed by atoms with Gasteiger partial charge in [-0.15, -0.1) is 16.4 Å². The van der Waals surface area contributed by atoms with Crippen molar-refractivity contribution >= 4 is 46.1 Å². The molecule has 12 heteroatoms. The summed E-state index contributed by atoms with van der Waals surface area (Å²) >= 11 is 19.6. The van der Waals surface area contributed by atoms with Gasteiger partial charge >= 0.3 is 11.9 Å². The van der Waals surface area contributed by atoms with Gasteiger partial charge in [0.25, 0.3) is 0 Å². The molecule has 0 radical (unpaired) electrons. The van der Waals surface area contributed by atoms with Crippen molar-refractivity contribution in [3.05, 3.63) is 85.0 Å². The predicted octanol–water partition coefficient (Wildman–Crippen LogP) is 6.37. The SMILES string of the molecule is O=c1n(Cc2ccc(-c3cccc(Cl)c3Cl)s2)nc(-c2ccc(Cl)cc2)n1C[C@H](O)C(F)(F)F. The van der Waals surface area contributed by atoms with Crippen molar-refractivity contribution in [3.63, 3.8) is 0 Å². The Hall–Kier alpha value is -2.30. The van der Waals surface area contributed by atoms with E-state index >= 15 is 0 Å². The zero-order valence-corrected chi connectivity index (χ0v) is 20.1. The van der Waals surface area contributed by atoms with Crippen LogP contribution >= 0.6 is 46.1 Å². The van der Waals surface area contributed by atoms with E-state index in [1.54, 1.807) is 18.2 Å². The van der Waals surface area contributed by atoms with E-state index in [1.165, 1.54) is 35.6 Å². The van der Waals surface area contributed by atoms with Crippen molar-refractivity contribution in [1.82, 2.24) is 14.3 Å². The van der Waals surface area contributed by atoms with E-state index in [2.05, 4.69) is 5.10 Å². The van der Waals surface area contributed by atoms with Gasteiger partial charge in [0, 0.05) is 25.9 Å². The van der Waals surface area contributed by atoms with Gasteiger partial charge in [-0.25, -0.2) is 9.48 Å². The maximum absolute atomic E-state index is 13.0. The Kier molecular flexibility index (Phi) is 7.12. The monoisotopic (exact) mass is 547 g/mol. The number of halogens is 6. The van der Waals surface area contributed by atoms with Crippen molar-refractivity contribution in [1.29, 1.82) is 0 Å². The molecule has 4 rings (SSSR count). The Bertz CT molecular complexity index is 1380. The van der Waals surface area contributed by atoms with E-state index < -0.39 is 24.5 Å². The minimum atomic E-state index is -4.89. The van der Waals surface area contributed by atoms with Crippen LogP contribution < -0.4 is 5.69 Å². The molecule has 0 unspecified atom stereocenters. The summed E-state index contributed by atoms with van der Waals surface area (Å²) < 4.78 is 40.9. The summed E-state index contributed by atoms with van der Waals surface area (Å²) in [5, 5.41) is 15.1. The molecule has 2 aromatic carbocycles. The lowest BCUT2D eigenvalue weighted by Gasteiger charge is -2.15. The molecule has 2 aromatic heterocycles. The Labute approximate surface area is 210 Å². The summed E-state index contributed by atoms with van der Waals surface area (Å²) in [7, 11) is 0. The molecule has 0 spiro atoms. The van der Waals surface area contributed by atoms with E-state index in [9.17, 15) is 23.1 Å². The number of benzene rings is 2. The molecule has 0 fully saturated rings. The fraction of sp³-hybridized carbons (Fsp3) is 0.182. The highest BCUT2D eigenvalue weighted by atomic mass is 35.5. The van der Waals surface area contributed by atoms with Crippen molar-refractivity contribution in [2.24, 2.45) is 0 Å². The number of nitrogens with zero attached hydrogens (tertiary/aromatic N) is 3. The lowest BCUT2D eigenvalue weighted by atomic mass is 10.2. The highest BCUT2D eigenvalue weighted by Crippen LogP contribution is 2.37. The Balaban J connectivity index is 1.71. The molecule has 0 saturated heterocycles. The van der Waals surface area contributed by atoms with E-state index in [-0.39, 0.29) is 12.4 Å². The van der Waals surface area contributed by atoms with Crippen LogP contribution in [0.3, 0.4) is 0 Å². The van der Waals surface area contributed by atoms with Crippen LogP contribution in [-0.2, 0) is 13.1 Å². The molecule has 0 saturated carbocycles. The van der Waals surface area contributed by atoms with Crippen LogP contribution in [0.1, 0.15) is 4.88 Å². The third kappa shape index (κ3) is 5.18. The van der Waals surface area contributed by atoms with Crippen LogP contribution in [0, 0.1) is 0 Å². The van der Waals surface area contributed by atoms with E-state index in [4.69, 9.17) is 34.8 Å². The number of thiophene rings is 1. The average Bonchev–Trinajstić information content (AvgIpc) is 3.36. The van der Waals surface area contributed by atoms with Crippen molar-refractivity contribution < 1.29 is 18.3 Å². The van der Waals surface area contributed by atoms with Gasteiger partial charge in [0.05, 0.1) is 23.1 Å². The highest BCUT2D eigenvalue weighted by Gasteiger charge is 2.39. The van der Waals surface area contributed by atoms with Crippen molar-refractivity contribution in [2.75, 3.05) is 0 Å². The fourth-order valence-electron chi connectivity index (χ4n) is 3.25. The number of rotatable bonds is 6. The van der Waals surface area contributed by atoms with Gasteiger partial charge in [-0.2, -0.15) is 13.2 Å². The highest BCUT2D eigenvalue weighted by molar-refractivity contribution is 7.15. The van der Waals surface area contributed by atoms with Crippen LogP contribution in [0.25, 0.3) is 21.8 Å². The maximum atomic E-state index is 13.0. The minimum absolute atomic E-state index is 0.0113. The molecule has 178 valence electrons. The van der Waals surface area contributed by atoms with Gasteiger partial charge in [0.1, 0.15) is 0 Å². The van der Waals surface area contributed by atoms with Gasteiger partial charge in [0.15, 0.2) is 11.9 Å². The number of hydrogen-bond donors (Lipinski definition) is 1. The van der Waals surface area contributed by atoms with Gasteiger partial charge < -0.3 is 5.11 Å². The molecule has 34 heavy (non-hydrogen) atoms. The van der Waals surface area contributed by atoms with E-state index in [1.807, 2.05) is 12.1 Å². The molecular weight excluding hydrogens is 534 g/mol. The second-order valence-electron chi connectivity index (χ2n) is 7.31. The van der Waals surface area contributed by atoms with Crippen LogP contribution in [-0.4, -0.2) is 31.7 Å². The molecule has 0 aliphatic heterocycles. The van der Waals surface area contributed by atoms with Crippen LogP contribution in [0.5, 0.6) is 0 Å². The quantitative estimate of drug-likeness (QED) is 0.305. The smallest absolute Gasteiger partial charge is 0.382 e. The Morgan fingerprint density at radius 3 is 2.41 bits per heavy atom. The molecule has 5 nitrogen and oxygen atoms in total. The first-order valence-electron chi connectivity index (χ1n) is 9.76. The lowest BCUT2D eigenvalue weighted by molar-refractivity contribution is -0.207. The molecule has 0 amide bonds. The topological polar surface area (TPSA) is 60.0 Å². The summed E-state index contributed by atoms with van der Waals surface area (Å²) in [6.45, 7) is -0.981. The fourth-order valence-corrected chi connectivity index (χ4v) is 4.85.